The third-order valence-electron chi connectivity index (χ3n) is 2.64. The normalized spacial score (nSPS) is 12.6. The van der Waals surface area contributed by atoms with Gasteiger partial charge < -0.3 is 11.1 Å². The van der Waals surface area contributed by atoms with Gasteiger partial charge in [0.05, 0.1) is 0 Å². The van der Waals surface area contributed by atoms with Crippen molar-refractivity contribution in [3.05, 3.63) is 30.1 Å². The molecular formula is C12H21Cl2N3O. The lowest BCUT2D eigenvalue weighted by Gasteiger charge is -2.15. The van der Waals surface area contributed by atoms with E-state index < -0.39 is 0 Å². The zero-order chi connectivity index (χ0) is 12.0. The molecule has 0 aromatic carbocycles. The van der Waals surface area contributed by atoms with Crippen LogP contribution in [-0.4, -0.2) is 23.5 Å². The van der Waals surface area contributed by atoms with E-state index in [2.05, 4.69) is 10.3 Å². The Kier molecular flexibility index (Phi) is 11.0. The average Bonchev–Trinajstić information content (AvgIpc) is 2.29. The Hall–Kier alpha value is -0.840. The molecule has 3 N–H and O–H groups in total. The van der Waals surface area contributed by atoms with E-state index in [-0.39, 0.29) is 42.7 Å². The lowest BCUT2D eigenvalue weighted by Crippen LogP contribution is -2.39. The molecule has 18 heavy (non-hydrogen) atoms. The lowest BCUT2D eigenvalue weighted by molar-refractivity contribution is -0.124. The fourth-order valence-electron chi connectivity index (χ4n) is 1.28. The molecule has 1 amide bonds. The molecule has 0 saturated carbocycles. The van der Waals surface area contributed by atoms with Gasteiger partial charge >= 0.3 is 0 Å². The molecule has 1 aromatic heterocycles. The van der Waals surface area contributed by atoms with E-state index in [1.165, 1.54) is 0 Å². The molecule has 1 heterocycles. The van der Waals surface area contributed by atoms with Gasteiger partial charge in [-0.3, -0.25) is 9.78 Å². The van der Waals surface area contributed by atoms with Crippen molar-refractivity contribution in [3.8, 4) is 0 Å². The van der Waals surface area contributed by atoms with Crippen molar-refractivity contribution in [1.29, 1.82) is 0 Å². The molecule has 0 aliphatic carbocycles. The van der Waals surface area contributed by atoms with Crippen LogP contribution in [0.4, 0.5) is 0 Å². The molecule has 0 bridgehead atoms. The summed E-state index contributed by atoms with van der Waals surface area (Å²) in [6.07, 6.45) is 4.34. The number of halogens is 2. The second kappa shape index (κ2) is 10.1. The van der Waals surface area contributed by atoms with Gasteiger partial charge in [0.2, 0.25) is 5.91 Å². The van der Waals surface area contributed by atoms with Crippen LogP contribution >= 0.6 is 24.8 Å². The third kappa shape index (κ3) is 6.79. The summed E-state index contributed by atoms with van der Waals surface area (Å²) < 4.78 is 0. The van der Waals surface area contributed by atoms with E-state index in [1.54, 1.807) is 12.4 Å². The number of hydrogen-bond acceptors (Lipinski definition) is 3. The summed E-state index contributed by atoms with van der Waals surface area (Å²) in [5, 5.41) is 2.87. The molecule has 0 saturated heterocycles. The quantitative estimate of drug-likeness (QED) is 0.866. The zero-order valence-corrected chi connectivity index (χ0v) is 12.3. The summed E-state index contributed by atoms with van der Waals surface area (Å²) in [6, 6.07) is 3.77. The molecule has 0 radical (unpaired) electrons. The minimum absolute atomic E-state index is 0. The second-order valence-corrected chi connectivity index (χ2v) is 4.05. The van der Waals surface area contributed by atoms with Crippen LogP contribution in [-0.2, 0) is 11.2 Å². The number of rotatable bonds is 5. The van der Waals surface area contributed by atoms with Crippen molar-refractivity contribution < 1.29 is 4.79 Å². The van der Waals surface area contributed by atoms with E-state index in [1.807, 2.05) is 26.0 Å². The summed E-state index contributed by atoms with van der Waals surface area (Å²) in [4.78, 5) is 15.6. The molecule has 104 valence electrons. The number of carbonyl (C=O) groups excluding carboxylic acids is 1. The number of nitrogens with zero attached hydrogens (tertiary/aromatic N) is 1. The highest BCUT2D eigenvalue weighted by Crippen LogP contribution is 2.00. The Morgan fingerprint density at radius 1 is 1.44 bits per heavy atom. The van der Waals surface area contributed by atoms with Crippen molar-refractivity contribution >= 4 is 30.7 Å². The van der Waals surface area contributed by atoms with Crippen molar-refractivity contribution in [2.24, 2.45) is 11.7 Å². The van der Waals surface area contributed by atoms with Gasteiger partial charge in [-0.2, -0.15) is 0 Å². The number of amides is 1. The van der Waals surface area contributed by atoms with Gasteiger partial charge in [-0.25, -0.2) is 0 Å². The first kappa shape index (κ1) is 19.5. The monoisotopic (exact) mass is 293 g/mol. The number of hydrogen-bond donors (Lipinski definition) is 2. The van der Waals surface area contributed by atoms with Crippen LogP contribution in [0.5, 0.6) is 0 Å². The second-order valence-electron chi connectivity index (χ2n) is 4.05. The van der Waals surface area contributed by atoms with Gasteiger partial charge in [-0.05, 0) is 25.0 Å². The van der Waals surface area contributed by atoms with Gasteiger partial charge in [-0.1, -0.05) is 13.0 Å². The molecule has 6 heteroatoms. The van der Waals surface area contributed by atoms with Gasteiger partial charge in [0.25, 0.3) is 0 Å². The van der Waals surface area contributed by atoms with Gasteiger partial charge in [0.1, 0.15) is 0 Å². The molecule has 1 rings (SSSR count). The highest BCUT2D eigenvalue weighted by molar-refractivity contribution is 5.85. The molecule has 0 spiro atoms. The first-order chi connectivity index (χ1) is 7.61. The Morgan fingerprint density at radius 2 is 2.11 bits per heavy atom. The predicted molar refractivity (Wildman–Crippen MR) is 78.3 cm³/mol. The molecule has 0 aliphatic rings. The van der Waals surface area contributed by atoms with Crippen LogP contribution in [0.2, 0.25) is 0 Å². The molecule has 4 nitrogen and oxygen atoms in total. The maximum absolute atomic E-state index is 11.6. The summed E-state index contributed by atoms with van der Waals surface area (Å²) in [5.74, 6) is -0.132. The Balaban J connectivity index is 0. The average molecular weight is 294 g/mol. The van der Waals surface area contributed by atoms with Crippen molar-refractivity contribution in [2.45, 2.75) is 26.3 Å². The first-order valence-electron chi connectivity index (χ1n) is 5.53. The van der Waals surface area contributed by atoms with Crippen LogP contribution < -0.4 is 11.1 Å². The number of nitrogens with two attached hydrogens (primary N) is 1. The van der Waals surface area contributed by atoms with E-state index in [0.717, 1.165) is 12.0 Å². The molecular weight excluding hydrogens is 273 g/mol. The highest BCUT2D eigenvalue weighted by atomic mass is 35.5. The van der Waals surface area contributed by atoms with Crippen LogP contribution in [0, 0.1) is 5.92 Å². The van der Waals surface area contributed by atoms with Crippen LogP contribution in [0.25, 0.3) is 0 Å². The summed E-state index contributed by atoms with van der Waals surface area (Å²) >= 11 is 0. The maximum atomic E-state index is 11.6. The van der Waals surface area contributed by atoms with Crippen LogP contribution in [0.3, 0.4) is 0 Å². The highest BCUT2D eigenvalue weighted by Gasteiger charge is 2.15. The van der Waals surface area contributed by atoms with Crippen molar-refractivity contribution in [3.63, 3.8) is 0 Å². The topological polar surface area (TPSA) is 68.0 Å². The Labute approximate surface area is 121 Å². The fourth-order valence-corrected chi connectivity index (χ4v) is 1.28. The SMILES string of the molecule is CC(N)C(C)C(=O)NCCc1cccnc1.Cl.Cl. The molecule has 0 fully saturated rings. The number of aromatic nitrogens is 1. The van der Waals surface area contributed by atoms with E-state index >= 15 is 0 Å². The van der Waals surface area contributed by atoms with Crippen molar-refractivity contribution in [1.82, 2.24) is 10.3 Å². The van der Waals surface area contributed by atoms with Gasteiger partial charge in [0.15, 0.2) is 0 Å². The van der Waals surface area contributed by atoms with Crippen LogP contribution in [0.1, 0.15) is 19.4 Å². The van der Waals surface area contributed by atoms with Gasteiger partial charge in [-0.15, -0.1) is 24.8 Å². The predicted octanol–water partition coefficient (Wildman–Crippen LogP) is 1.57. The first-order valence-corrected chi connectivity index (χ1v) is 5.53. The van der Waals surface area contributed by atoms with Crippen molar-refractivity contribution in [2.75, 3.05) is 6.54 Å². The van der Waals surface area contributed by atoms with Gasteiger partial charge in [0, 0.05) is 30.9 Å². The summed E-state index contributed by atoms with van der Waals surface area (Å²) in [5.41, 5.74) is 6.77. The van der Waals surface area contributed by atoms with Crippen LogP contribution in [0.15, 0.2) is 24.5 Å². The third-order valence-corrected chi connectivity index (χ3v) is 2.64. The summed E-state index contributed by atoms with van der Waals surface area (Å²) in [6.45, 7) is 4.30. The zero-order valence-electron chi connectivity index (χ0n) is 10.6. The smallest absolute Gasteiger partial charge is 0.224 e. The maximum Gasteiger partial charge on any atom is 0.224 e. The number of nitrogens with one attached hydrogen (secondary N) is 1. The van der Waals surface area contributed by atoms with E-state index in [4.69, 9.17) is 5.73 Å². The lowest BCUT2D eigenvalue weighted by atomic mass is 10.0. The summed E-state index contributed by atoms with van der Waals surface area (Å²) in [7, 11) is 0. The Morgan fingerprint density at radius 3 is 2.61 bits per heavy atom. The molecule has 2 unspecified atom stereocenters. The van der Waals surface area contributed by atoms with E-state index in [0.29, 0.717) is 6.54 Å². The molecule has 0 aliphatic heterocycles. The largest absolute Gasteiger partial charge is 0.355 e. The number of carbonyl (C=O) groups is 1. The Bertz CT molecular complexity index is 333. The minimum Gasteiger partial charge on any atom is -0.355 e. The minimum atomic E-state index is -0.145. The molecule has 1 aromatic rings. The fraction of sp³-hybridized carbons (Fsp3) is 0.500. The van der Waals surface area contributed by atoms with E-state index in [9.17, 15) is 4.79 Å². The number of pyridine rings is 1. The molecule has 2 atom stereocenters. The standard InChI is InChI=1S/C12H19N3O.2ClH/c1-9(10(2)13)12(16)15-7-5-11-4-3-6-14-8-11;;/h3-4,6,8-10H,5,7,13H2,1-2H3,(H,15,16);2*1H.